The fourth-order valence-corrected chi connectivity index (χ4v) is 0.633. The Morgan fingerprint density at radius 3 is 2.46 bits per heavy atom. The smallest absolute Gasteiger partial charge is 0.313 e. The molecule has 0 heterocycles. The summed E-state index contributed by atoms with van der Waals surface area (Å²) >= 11 is 0. The summed E-state index contributed by atoms with van der Waals surface area (Å²) in [5, 5.41) is 0. The lowest BCUT2D eigenvalue weighted by Crippen LogP contribution is -2.09. The van der Waals surface area contributed by atoms with Crippen LogP contribution in [0.25, 0.3) is 0 Å². The van der Waals surface area contributed by atoms with E-state index in [0.717, 1.165) is 0 Å². The molecule has 0 spiro atoms. The first-order valence-electron chi connectivity index (χ1n) is 4.17. The average molecular weight is 186 g/mol. The maximum absolute atomic E-state index is 10.9. The van der Waals surface area contributed by atoms with Crippen molar-refractivity contribution in [1.29, 1.82) is 0 Å². The Bertz CT molecular complexity index is 196. The third-order valence-corrected chi connectivity index (χ3v) is 1.14. The molecule has 4 heteroatoms. The minimum Gasteiger partial charge on any atom is -0.501 e. The van der Waals surface area contributed by atoms with Gasteiger partial charge in [-0.3, -0.25) is 9.59 Å². The number of allylic oxidation sites excluding steroid dienone is 1. The van der Waals surface area contributed by atoms with Crippen LogP contribution in [0, 0.1) is 0 Å². The highest BCUT2D eigenvalue weighted by Gasteiger charge is 2.06. The minimum absolute atomic E-state index is 0.225. The van der Waals surface area contributed by atoms with Crippen molar-refractivity contribution in [2.45, 2.75) is 20.3 Å². The average Bonchev–Trinajstić information content (AvgIpc) is 2.05. The summed E-state index contributed by atoms with van der Waals surface area (Å²) in [6.07, 6.45) is 2.28. The second-order valence-corrected chi connectivity index (χ2v) is 2.21. The number of rotatable bonds is 6. The van der Waals surface area contributed by atoms with Crippen LogP contribution in [-0.2, 0) is 19.1 Å². The van der Waals surface area contributed by atoms with Crippen LogP contribution in [0.2, 0.25) is 0 Å². The number of hydrogen-bond donors (Lipinski definition) is 0. The van der Waals surface area contributed by atoms with Crippen molar-refractivity contribution in [3.63, 3.8) is 0 Å². The SMILES string of the molecule is CCO/C=C/C(=O)CC(=O)OCC. The Morgan fingerprint density at radius 1 is 1.23 bits per heavy atom. The van der Waals surface area contributed by atoms with Gasteiger partial charge in [0.2, 0.25) is 0 Å². The van der Waals surface area contributed by atoms with E-state index in [0.29, 0.717) is 13.2 Å². The van der Waals surface area contributed by atoms with Crippen molar-refractivity contribution < 1.29 is 19.1 Å². The minimum atomic E-state index is -0.506. The van der Waals surface area contributed by atoms with Crippen molar-refractivity contribution in [3.8, 4) is 0 Å². The molecule has 0 aromatic rings. The molecule has 0 N–H and O–H groups in total. The lowest BCUT2D eigenvalue weighted by Gasteiger charge is -1.97. The first-order valence-corrected chi connectivity index (χ1v) is 4.17. The van der Waals surface area contributed by atoms with Gasteiger partial charge in [-0.1, -0.05) is 0 Å². The Kier molecular flexibility index (Phi) is 6.59. The molecular weight excluding hydrogens is 172 g/mol. The van der Waals surface area contributed by atoms with Crippen molar-refractivity contribution in [2.75, 3.05) is 13.2 Å². The topological polar surface area (TPSA) is 52.6 Å². The molecular formula is C9H14O4. The quantitative estimate of drug-likeness (QED) is 0.269. The summed E-state index contributed by atoms with van der Waals surface area (Å²) in [6.45, 7) is 4.29. The van der Waals surface area contributed by atoms with E-state index in [9.17, 15) is 9.59 Å². The normalized spacial score (nSPS) is 10.0. The summed E-state index contributed by atoms with van der Waals surface area (Å²) in [6, 6.07) is 0. The maximum atomic E-state index is 10.9. The standard InChI is InChI=1S/C9H14O4/c1-3-12-6-5-8(10)7-9(11)13-4-2/h5-6H,3-4,7H2,1-2H3/b6-5+. The Balaban J connectivity index is 3.67. The van der Waals surface area contributed by atoms with Gasteiger partial charge in [-0.2, -0.15) is 0 Å². The molecule has 0 rings (SSSR count). The van der Waals surface area contributed by atoms with Gasteiger partial charge < -0.3 is 9.47 Å². The van der Waals surface area contributed by atoms with Gasteiger partial charge in [0.15, 0.2) is 5.78 Å². The lowest BCUT2D eigenvalue weighted by atomic mass is 10.3. The van der Waals surface area contributed by atoms with Crippen LogP contribution in [0.15, 0.2) is 12.3 Å². The summed E-state index contributed by atoms with van der Waals surface area (Å²) in [5.74, 6) is -0.819. The van der Waals surface area contributed by atoms with Gasteiger partial charge in [0.1, 0.15) is 6.42 Å². The molecule has 0 atom stereocenters. The van der Waals surface area contributed by atoms with Gasteiger partial charge >= 0.3 is 5.97 Å². The fourth-order valence-electron chi connectivity index (χ4n) is 0.633. The highest BCUT2D eigenvalue weighted by molar-refractivity contribution is 6.01. The van der Waals surface area contributed by atoms with Gasteiger partial charge in [0.05, 0.1) is 19.5 Å². The second-order valence-electron chi connectivity index (χ2n) is 2.21. The Labute approximate surface area is 77.5 Å². The molecule has 0 fully saturated rings. The van der Waals surface area contributed by atoms with Crippen LogP contribution in [0.1, 0.15) is 20.3 Å². The molecule has 13 heavy (non-hydrogen) atoms. The number of esters is 1. The number of ether oxygens (including phenoxy) is 2. The zero-order chi connectivity index (χ0) is 10.1. The van der Waals surface area contributed by atoms with Gasteiger partial charge in [0, 0.05) is 6.08 Å². The molecule has 4 nitrogen and oxygen atoms in total. The molecule has 0 saturated carbocycles. The largest absolute Gasteiger partial charge is 0.501 e. The maximum Gasteiger partial charge on any atom is 0.313 e. The van der Waals surface area contributed by atoms with E-state index in [1.807, 2.05) is 0 Å². The van der Waals surface area contributed by atoms with Crippen LogP contribution in [-0.4, -0.2) is 25.0 Å². The molecule has 0 aromatic carbocycles. The van der Waals surface area contributed by atoms with Crippen molar-refractivity contribution in [3.05, 3.63) is 12.3 Å². The molecule has 0 bridgehead atoms. The molecule has 0 radical (unpaired) electrons. The zero-order valence-electron chi connectivity index (χ0n) is 7.91. The Hall–Kier alpha value is -1.32. The van der Waals surface area contributed by atoms with E-state index < -0.39 is 5.97 Å². The zero-order valence-corrected chi connectivity index (χ0v) is 7.91. The second kappa shape index (κ2) is 7.34. The van der Waals surface area contributed by atoms with Gasteiger partial charge in [-0.05, 0) is 13.8 Å². The van der Waals surface area contributed by atoms with Crippen molar-refractivity contribution in [2.24, 2.45) is 0 Å². The van der Waals surface area contributed by atoms with Crippen LogP contribution in [0.5, 0.6) is 0 Å². The number of carbonyl (C=O) groups excluding carboxylic acids is 2. The summed E-state index contributed by atoms with van der Waals surface area (Å²) in [4.78, 5) is 21.7. The fraction of sp³-hybridized carbons (Fsp3) is 0.556. The molecule has 0 aliphatic carbocycles. The molecule has 0 saturated heterocycles. The molecule has 74 valence electrons. The van der Waals surface area contributed by atoms with E-state index in [-0.39, 0.29) is 12.2 Å². The van der Waals surface area contributed by atoms with Gasteiger partial charge in [0.25, 0.3) is 0 Å². The van der Waals surface area contributed by atoms with Gasteiger partial charge in [-0.25, -0.2) is 0 Å². The molecule has 0 aromatic heterocycles. The Morgan fingerprint density at radius 2 is 1.92 bits per heavy atom. The number of ketones is 1. The number of hydrogen-bond acceptors (Lipinski definition) is 4. The number of carbonyl (C=O) groups is 2. The van der Waals surface area contributed by atoms with Crippen LogP contribution in [0.3, 0.4) is 0 Å². The highest BCUT2D eigenvalue weighted by atomic mass is 16.5. The predicted octanol–water partition coefficient (Wildman–Crippen LogP) is 1.06. The van der Waals surface area contributed by atoms with Crippen molar-refractivity contribution >= 4 is 11.8 Å². The molecule has 0 aliphatic heterocycles. The van der Waals surface area contributed by atoms with E-state index in [2.05, 4.69) is 4.74 Å². The van der Waals surface area contributed by atoms with Crippen LogP contribution in [0.4, 0.5) is 0 Å². The van der Waals surface area contributed by atoms with E-state index >= 15 is 0 Å². The molecule has 0 unspecified atom stereocenters. The van der Waals surface area contributed by atoms with Crippen molar-refractivity contribution in [1.82, 2.24) is 0 Å². The van der Waals surface area contributed by atoms with Crippen LogP contribution < -0.4 is 0 Å². The first kappa shape index (κ1) is 11.7. The summed E-state index contributed by atoms with van der Waals surface area (Å²) in [7, 11) is 0. The van der Waals surface area contributed by atoms with E-state index in [4.69, 9.17) is 4.74 Å². The third-order valence-electron chi connectivity index (χ3n) is 1.14. The molecule has 0 aliphatic rings. The lowest BCUT2D eigenvalue weighted by molar-refractivity contribution is -0.144. The summed E-state index contributed by atoms with van der Waals surface area (Å²) in [5.41, 5.74) is 0. The van der Waals surface area contributed by atoms with E-state index in [1.165, 1.54) is 12.3 Å². The monoisotopic (exact) mass is 186 g/mol. The van der Waals surface area contributed by atoms with E-state index in [1.54, 1.807) is 13.8 Å². The van der Waals surface area contributed by atoms with Crippen LogP contribution >= 0.6 is 0 Å². The first-order chi connectivity index (χ1) is 6.20. The third kappa shape index (κ3) is 7.05. The highest BCUT2D eigenvalue weighted by Crippen LogP contribution is 1.90. The molecule has 0 amide bonds. The predicted molar refractivity (Wildman–Crippen MR) is 47.0 cm³/mol. The summed E-state index contributed by atoms with van der Waals surface area (Å²) < 4.78 is 9.38. The van der Waals surface area contributed by atoms with Gasteiger partial charge in [-0.15, -0.1) is 0 Å².